The van der Waals surface area contributed by atoms with Crippen molar-refractivity contribution in [2.75, 3.05) is 6.61 Å². The van der Waals surface area contributed by atoms with Gasteiger partial charge in [0.15, 0.2) is 5.17 Å². The minimum absolute atomic E-state index is 0.261. The molecular weight excluding hydrogens is 396 g/mol. The average molecular weight is 419 g/mol. The number of ether oxygens (including phenoxy) is 1. The van der Waals surface area contributed by atoms with Gasteiger partial charge in [-0.3, -0.25) is 4.79 Å². The Balaban J connectivity index is 1.70. The van der Waals surface area contributed by atoms with Crippen molar-refractivity contribution < 1.29 is 9.53 Å². The topological polar surface area (TPSA) is 82.5 Å². The lowest BCUT2D eigenvalue weighted by atomic mass is 10.1. The molecule has 4 rings (SSSR count). The van der Waals surface area contributed by atoms with Crippen LogP contribution in [0.1, 0.15) is 25.3 Å². The molecule has 0 unspecified atom stereocenters. The molecule has 1 aliphatic heterocycles. The number of aliphatic imine (C=N–C) groups is 1. The molecule has 6 nitrogen and oxygen atoms in total. The second kappa shape index (κ2) is 9.00. The monoisotopic (exact) mass is 418 g/mol. The van der Waals surface area contributed by atoms with Crippen molar-refractivity contribution in [1.29, 1.82) is 0 Å². The molecular formula is C23H22N4O2S. The van der Waals surface area contributed by atoms with Crippen LogP contribution in [-0.2, 0) is 4.79 Å². The number of hydrogen-bond donors (Lipinski definition) is 1. The molecule has 152 valence electrons. The Hall–Kier alpha value is -3.32. The highest BCUT2D eigenvalue weighted by molar-refractivity contribution is 8.18. The SMILES string of the molecule is CCCCOc1ccc(-c2nn(-c3ccccc3)cc2C=C2SC(N)=NC2=O)cc1. The highest BCUT2D eigenvalue weighted by Gasteiger charge is 2.21. The third-order valence-corrected chi connectivity index (χ3v) is 5.39. The number of carbonyl (C=O) groups excluding carboxylic acids is 1. The van der Waals surface area contributed by atoms with Crippen molar-refractivity contribution in [2.45, 2.75) is 19.8 Å². The summed E-state index contributed by atoms with van der Waals surface area (Å²) in [5.74, 6) is 0.507. The lowest BCUT2D eigenvalue weighted by Crippen LogP contribution is -2.01. The van der Waals surface area contributed by atoms with E-state index in [0.29, 0.717) is 11.5 Å². The van der Waals surface area contributed by atoms with E-state index >= 15 is 0 Å². The number of unbranched alkanes of at least 4 members (excludes halogenated alkanes) is 1. The Morgan fingerprint density at radius 2 is 1.90 bits per heavy atom. The van der Waals surface area contributed by atoms with Crippen LogP contribution in [0.2, 0.25) is 0 Å². The first-order valence-corrected chi connectivity index (χ1v) is 10.6. The Kier molecular flexibility index (Phi) is 5.99. The van der Waals surface area contributed by atoms with Crippen molar-refractivity contribution in [3.63, 3.8) is 0 Å². The molecule has 3 aromatic rings. The highest BCUT2D eigenvalue weighted by Crippen LogP contribution is 2.31. The first-order valence-electron chi connectivity index (χ1n) is 9.80. The fraction of sp³-hybridized carbons (Fsp3) is 0.174. The van der Waals surface area contributed by atoms with E-state index in [0.717, 1.165) is 41.1 Å². The van der Waals surface area contributed by atoms with Gasteiger partial charge in [0, 0.05) is 17.3 Å². The average Bonchev–Trinajstić information content (AvgIpc) is 3.32. The van der Waals surface area contributed by atoms with Gasteiger partial charge in [-0.1, -0.05) is 31.5 Å². The largest absolute Gasteiger partial charge is 0.494 e. The minimum atomic E-state index is -0.324. The van der Waals surface area contributed by atoms with Gasteiger partial charge in [0.25, 0.3) is 5.91 Å². The van der Waals surface area contributed by atoms with Crippen molar-refractivity contribution in [3.8, 4) is 22.7 Å². The maximum atomic E-state index is 12.1. The van der Waals surface area contributed by atoms with E-state index in [1.54, 1.807) is 6.08 Å². The number of amides is 1. The van der Waals surface area contributed by atoms with E-state index < -0.39 is 0 Å². The molecule has 0 spiro atoms. The third-order valence-electron chi connectivity index (χ3n) is 4.58. The number of thioether (sulfide) groups is 1. The number of benzene rings is 2. The molecule has 0 bridgehead atoms. The number of aromatic nitrogens is 2. The van der Waals surface area contributed by atoms with E-state index in [-0.39, 0.29) is 11.1 Å². The summed E-state index contributed by atoms with van der Waals surface area (Å²) in [7, 11) is 0. The van der Waals surface area contributed by atoms with Crippen molar-refractivity contribution in [1.82, 2.24) is 9.78 Å². The highest BCUT2D eigenvalue weighted by atomic mass is 32.2. The maximum Gasteiger partial charge on any atom is 0.286 e. The maximum absolute atomic E-state index is 12.1. The number of para-hydroxylation sites is 1. The zero-order valence-electron chi connectivity index (χ0n) is 16.6. The molecule has 7 heteroatoms. The third kappa shape index (κ3) is 4.46. The number of amidine groups is 1. The summed E-state index contributed by atoms with van der Waals surface area (Å²) < 4.78 is 7.57. The molecule has 30 heavy (non-hydrogen) atoms. The summed E-state index contributed by atoms with van der Waals surface area (Å²) in [6, 6.07) is 17.7. The lowest BCUT2D eigenvalue weighted by molar-refractivity contribution is -0.113. The number of hydrogen-bond acceptors (Lipinski definition) is 5. The van der Waals surface area contributed by atoms with Gasteiger partial charge in [-0.25, -0.2) is 4.68 Å². The van der Waals surface area contributed by atoms with Crippen LogP contribution < -0.4 is 10.5 Å². The van der Waals surface area contributed by atoms with Crippen LogP contribution in [0.15, 0.2) is 70.7 Å². The zero-order chi connectivity index (χ0) is 20.9. The summed E-state index contributed by atoms with van der Waals surface area (Å²) in [4.78, 5) is 16.4. The molecule has 0 aliphatic carbocycles. The van der Waals surface area contributed by atoms with Crippen LogP contribution in [0.25, 0.3) is 23.0 Å². The molecule has 0 saturated carbocycles. The predicted octanol–water partition coefficient (Wildman–Crippen LogP) is 4.65. The molecule has 0 atom stereocenters. The zero-order valence-corrected chi connectivity index (χ0v) is 17.4. The first-order chi connectivity index (χ1) is 14.6. The van der Waals surface area contributed by atoms with Gasteiger partial charge in [0.2, 0.25) is 0 Å². The molecule has 1 aliphatic rings. The molecule has 2 heterocycles. The van der Waals surface area contributed by atoms with Crippen LogP contribution >= 0.6 is 11.8 Å². The number of rotatable bonds is 7. The Labute approximate surface area is 179 Å². The first kappa shape index (κ1) is 20.0. The van der Waals surface area contributed by atoms with E-state index in [1.807, 2.05) is 65.5 Å². The van der Waals surface area contributed by atoms with Gasteiger partial charge in [-0.2, -0.15) is 10.1 Å². The fourth-order valence-electron chi connectivity index (χ4n) is 3.04. The van der Waals surface area contributed by atoms with Gasteiger partial charge in [-0.15, -0.1) is 0 Å². The van der Waals surface area contributed by atoms with Crippen LogP contribution in [0, 0.1) is 0 Å². The normalized spacial score (nSPS) is 14.9. The second-order valence-corrected chi connectivity index (χ2v) is 7.87. The van der Waals surface area contributed by atoms with Crippen LogP contribution in [0.5, 0.6) is 5.75 Å². The molecule has 1 amide bonds. The van der Waals surface area contributed by atoms with Crippen LogP contribution in [0.4, 0.5) is 0 Å². The number of carbonyl (C=O) groups is 1. The summed E-state index contributed by atoms with van der Waals surface area (Å²) in [5, 5.41) is 5.04. The molecule has 0 fully saturated rings. The predicted molar refractivity (Wildman–Crippen MR) is 122 cm³/mol. The summed E-state index contributed by atoms with van der Waals surface area (Å²) >= 11 is 1.17. The Morgan fingerprint density at radius 1 is 1.13 bits per heavy atom. The standard InChI is InChI=1S/C23H22N4O2S/c1-2-3-13-29-19-11-9-16(10-12-19)21-17(14-20-22(28)25-23(24)30-20)15-27(26-21)18-7-5-4-6-8-18/h4-12,14-15H,2-3,13H2,1H3,(H2,24,25,28). The fourth-order valence-corrected chi connectivity index (χ4v) is 3.71. The molecule has 2 N–H and O–H groups in total. The lowest BCUT2D eigenvalue weighted by Gasteiger charge is -2.06. The van der Waals surface area contributed by atoms with Crippen LogP contribution in [0.3, 0.4) is 0 Å². The van der Waals surface area contributed by atoms with E-state index in [9.17, 15) is 4.79 Å². The van der Waals surface area contributed by atoms with Crippen LogP contribution in [-0.4, -0.2) is 27.5 Å². The quantitative estimate of drug-likeness (QED) is 0.446. The van der Waals surface area contributed by atoms with E-state index in [1.165, 1.54) is 11.8 Å². The summed E-state index contributed by atoms with van der Waals surface area (Å²) in [6.45, 7) is 2.84. The molecule has 1 aromatic heterocycles. The van der Waals surface area contributed by atoms with Gasteiger partial charge >= 0.3 is 0 Å². The van der Waals surface area contributed by atoms with Gasteiger partial charge in [0.1, 0.15) is 5.75 Å². The minimum Gasteiger partial charge on any atom is -0.494 e. The summed E-state index contributed by atoms with van der Waals surface area (Å²) in [6.07, 6.45) is 5.82. The van der Waals surface area contributed by atoms with Gasteiger partial charge in [0.05, 0.1) is 22.9 Å². The van der Waals surface area contributed by atoms with Crippen molar-refractivity contribution in [2.24, 2.45) is 10.7 Å². The molecule has 2 aromatic carbocycles. The second-order valence-electron chi connectivity index (χ2n) is 6.81. The number of nitrogens with two attached hydrogens (primary N) is 1. The van der Waals surface area contributed by atoms with E-state index in [4.69, 9.17) is 15.6 Å². The van der Waals surface area contributed by atoms with Crippen molar-refractivity contribution in [3.05, 3.63) is 71.3 Å². The summed E-state index contributed by atoms with van der Waals surface area (Å²) in [5.41, 5.74) is 9.15. The Morgan fingerprint density at radius 3 is 2.57 bits per heavy atom. The molecule has 0 radical (unpaired) electrons. The van der Waals surface area contributed by atoms with Gasteiger partial charge in [-0.05, 0) is 60.7 Å². The van der Waals surface area contributed by atoms with Gasteiger partial charge < -0.3 is 10.5 Å². The van der Waals surface area contributed by atoms with E-state index in [2.05, 4.69) is 11.9 Å². The Bertz CT molecular complexity index is 1100. The smallest absolute Gasteiger partial charge is 0.286 e. The molecule has 0 saturated heterocycles. The number of nitrogens with zero attached hydrogens (tertiary/aromatic N) is 3. The van der Waals surface area contributed by atoms with Crippen molar-refractivity contribution >= 4 is 28.9 Å².